The van der Waals surface area contributed by atoms with Crippen molar-refractivity contribution < 1.29 is 12.8 Å². The van der Waals surface area contributed by atoms with Crippen molar-refractivity contribution in [3.63, 3.8) is 0 Å². The molecule has 3 aromatic rings. The minimum atomic E-state index is -3.86. The summed E-state index contributed by atoms with van der Waals surface area (Å²) >= 11 is 0. The second kappa shape index (κ2) is 8.08. The van der Waals surface area contributed by atoms with Gasteiger partial charge in [-0.1, -0.05) is 12.1 Å². The summed E-state index contributed by atoms with van der Waals surface area (Å²) in [5.41, 5.74) is 1.81. The highest BCUT2D eigenvalue weighted by Gasteiger charge is 2.37. The van der Waals surface area contributed by atoms with Gasteiger partial charge in [-0.3, -0.25) is 4.98 Å². The van der Waals surface area contributed by atoms with Crippen LogP contribution in [0.25, 0.3) is 0 Å². The molecule has 0 saturated carbocycles. The number of sulfonamides is 1. The fourth-order valence-electron chi connectivity index (χ4n) is 3.54. The fourth-order valence-corrected chi connectivity index (χ4v) is 5.22. The van der Waals surface area contributed by atoms with Gasteiger partial charge in [-0.25, -0.2) is 22.8 Å². The SMILES string of the molecule is Cc1cccc(Nc2cncc([C@H]3CCCN3S(=O)(=O)c3ccc(C)c(F)c3)n2)n1. The monoisotopic (exact) mass is 427 g/mol. The van der Waals surface area contributed by atoms with Gasteiger partial charge in [0.05, 0.1) is 29.0 Å². The Hall–Kier alpha value is -2.91. The molecule has 2 aromatic heterocycles. The van der Waals surface area contributed by atoms with Crippen molar-refractivity contribution in [1.29, 1.82) is 0 Å². The molecule has 9 heteroatoms. The van der Waals surface area contributed by atoms with E-state index >= 15 is 0 Å². The average molecular weight is 428 g/mol. The Morgan fingerprint density at radius 2 is 1.93 bits per heavy atom. The largest absolute Gasteiger partial charge is 0.324 e. The standard InChI is InChI=1S/C21H22FN5O2S/c1-14-8-9-16(11-17(14)22)30(28,29)27-10-4-6-19(27)18-12-23-13-21(25-18)26-20-7-3-5-15(2)24-20/h3,5,7-9,11-13,19H,4,6,10H2,1-2H3,(H,24,25,26)/t19-/m1/s1. The summed E-state index contributed by atoms with van der Waals surface area (Å²) in [6.07, 6.45) is 4.45. The van der Waals surface area contributed by atoms with Crippen LogP contribution in [0, 0.1) is 19.7 Å². The zero-order chi connectivity index (χ0) is 21.3. The molecule has 1 saturated heterocycles. The molecule has 4 rings (SSSR count). The molecule has 0 aliphatic carbocycles. The third kappa shape index (κ3) is 4.03. The van der Waals surface area contributed by atoms with Crippen LogP contribution in [-0.4, -0.2) is 34.2 Å². The Bertz CT molecular complexity index is 1190. The Balaban J connectivity index is 1.62. The number of aryl methyl sites for hydroxylation is 2. The number of anilines is 2. The van der Waals surface area contributed by atoms with Crippen LogP contribution in [0.15, 0.2) is 53.7 Å². The maximum atomic E-state index is 14.0. The van der Waals surface area contributed by atoms with E-state index in [-0.39, 0.29) is 4.90 Å². The first-order chi connectivity index (χ1) is 14.3. The number of pyridine rings is 1. The molecule has 3 heterocycles. The normalized spacial score (nSPS) is 17.2. The maximum absolute atomic E-state index is 14.0. The number of benzene rings is 1. The highest BCUT2D eigenvalue weighted by Crippen LogP contribution is 2.36. The number of aromatic nitrogens is 3. The van der Waals surface area contributed by atoms with Crippen molar-refractivity contribution in [2.24, 2.45) is 0 Å². The molecule has 0 bridgehead atoms. The Morgan fingerprint density at radius 3 is 2.70 bits per heavy atom. The molecule has 1 aliphatic heterocycles. The van der Waals surface area contributed by atoms with Crippen molar-refractivity contribution in [2.45, 2.75) is 37.6 Å². The average Bonchev–Trinajstić information content (AvgIpc) is 3.21. The second-order valence-electron chi connectivity index (χ2n) is 7.30. The molecule has 30 heavy (non-hydrogen) atoms. The minimum Gasteiger partial charge on any atom is -0.324 e. The molecule has 7 nitrogen and oxygen atoms in total. The molecule has 0 amide bonds. The van der Waals surface area contributed by atoms with Gasteiger partial charge in [0.15, 0.2) is 0 Å². The third-order valence-electron chi connectivity index (χ3n) is 5.09. The van der Waals surface area contributed by atoms with E-state index in [1.807, 2.05) is 25.1 Å². The smallest absolute Gasteiger partial charge is 0.243 e. The molecule has 1 N–H and O–H groups in total. The van der Waals surface area contributed by atoms with Crippen molar-refractivity contribution in [1.82, 2.24) is 19.3 Å². The lowest BCUT2D eigenvalue weighted by atomic mass is 10.2. The first-order valence-electron chi connectivity index (χ1n) is 9.65. The quantitative estimate of drug-likeness (QED) is 0.665. The zero-order valence-corrected chi connectivity index (χ0v) is 17.5. The summed E-state index contributed by atoms with van der Waals surface area (Å²) in [5, 5.41) is 3.11. The van der Waals surface area contributed by atoms with E-state index in [1.165, 1.54) is 16.4 Å². The highest BCUT2D eigenvalue weighted by atomic mass is 32.2. The van der Waals surface area contributed by atoms with Crippen molar-refractivity contribution in [3.8, 4) is 0 Å². The molecular weight excluding hydrogens is 405 g/mol. The van der Waals surface area contributed by atoms with E-state index in [9.17, 15) is 12.8 Å². The second-order valence-corrected chi connectivity index (χ2v) is 9.19. The van der Waals surface area contributed by atoms with Crippen LogP contribution in [0.1, 0.15) is 35.8 Å². The Morgan fingerprint density at radius 1 is 1.10 bits per heavy atom. The highest BCUT2D eigenvalue weighted by molar-refractivity contribution is 7.89. The lowest BCUT2D eigenvalue weighted by Gasteiger charge is -2.24. The number of nitrogens with one attached hydrogen (secondary N) is 1. The lowest BCUT2D eigenvalue weighted by Crippen LogP contribution is -2.31. The summed E-state index contributed by atoms with van der Waals surface area (Å²) in [7, 11) is -3.86. The van der Waals surface area contributed by atoms with Crippen molar-refractivity contribution >= 4 is 21.7 Å². The minimum absolute atomic E-state index is 0.0521. The molecule has 1 fully saturated rings. The number of hydrogen-bond donors (Lipinski definition) is 1. The number of halogens is 1. The van der Waals surface area contributed by atoms with Crippen molar-refractivity contribution in [2.75, 3.05) is 11.9 Å². The molecule has 0 unspecified atom stereocenters. The van der Waals surface area contributed by atoms with E-state index in [4.69, 9.17) is 0 Å². The Labute approximate surface area is 175 Å². The van der Waals surface area contributed by atoms with E-state index in [0.29, 0.717) is 42.3 Å². The topological polar surface area (TPSA) is 88.1 Å². The zero-order valence-electron chi connectivity index (χ0n) is 16.7. The maximum Gasteiger partial charge on any atom is 0.243 e. The summed E-state index contributed by atoms with van der Waals surface area (Å²) in [5.74, 6) is 0.576. The number of rotatable bonds is 5. The van der Waals surface area contributed by atoms with Crippen LogP contribution < -0.4 is 5.32 Å². The van der Waals surface area contributed by atoms with Gasteiger partial charge in [0.1, 0.15) is 17.5 Å². The molecular formula is C21H22FN5O2S. The van der Waals surface area contributed by atoms with E-state index in [2.05, 4.69) is 20.3 Å². The van der Waals surface area contributed by atoms with Gasteiger partial charge in [-0.05, 0) is 56.5 Å². The van der Waals surface area contributed by atoms with E-state index in [0.717, 1.165) is 11.8 Å². The van der Waals surface area contributed by atoms with E-state index in [1.54, 1.807) is 19.3 Å². The number of hydrogen-bond acceptors (Lipinski definition) is 6. The van der Waals surface area contributed by atoms with Crippen molar-refractivity contribution in [3.05, 3.63) is 71.6 Å². The molecule has 0 spiro atoms. The van der Waals surface area contributed by atoms with Crippen LogP contribution in [0.5, 0.6) is 0 Å². The van der Waals surface area contributed by atoms with Gasteiger partial charge < -0.3 is 5.32 Å². The van der Waals surface area contributed by atoms with Crippen LogP contribution in [0.4, 0.5) is 16.0 Å². The molecule has 1 aromatic carbocycles. The van der Waals surface area contributed by atoms with Crippen LogP contribution in [0.2, 0.25) is 0 Å². The van der Waals surface area contributed by atoms with Gasteiger partial charge in [-0.2, -0.15) is 4.31 Å². The fraction of sp³-hybridized carbons (Fsp3) is 0.286. The van der Waals surface area contributed by atoms with Gasteiger partial charge in [0.25, 0.3) is 0 Å². The van der Waals surface area contributed by atoms with Gasteiger partial charge >= 0.3 is 0 Å². The summed E-state index contributed by atoms with van der Waals surface area (Å²) < 4.78 is 41.7. The summed E-state index contributed by atoms with van der Waals surface area (Å²) in [4.78, 5) is 13.1. The molecule has 156 valence electrons. The van der Waals surface area contributed by atoms with Gasteiger partial charge in [0.2, 0.25) is 10.0 Å². The van der Waals surface area contributed by atoms with Crippen LogP contribution in [-0.2, 0) is 10.0 Å². The first-order valence-corrected chi connectivity index (χ1v) is 11.1. The first kappa shape index (κ1) is 20.4. The van der Waals surface area contributed by atoms with Gasteiger partial charge in [-0.15, -0.1) is 0 Å². The Kier molecular flexibility index (Phi) is 5.48. The summed E-state index contributed by atoms with van der Waals surface area (Å²) in [6, 6.07) is 9.13. The van der Waals surface area contributed by atoms with Gasteiger partial charge in [0, 0.05) is 12.2 Å². The molecule has 0 radical (unpaired) electrons. The molecule has 1 aliphatic rings. The third-order valence-corrected chi connectivity index (χ3v) is 7.00. The molecule has 1 atom stereocenters. The number of nitrogens with zero attached hydrogens (tertiary/aromatic N) is 4. The van der Waals surface area contributed by atoms with E-state index < -0.39 is 21.9 Å². The predicted molar refractivity (Wildman–Crippen MR) is 111 cm³/mol. The summed E-state index contributed by atoms with van der Waals surface area (Å²) in [6.45, 7) is 3.84. The lowest BCUT2D eigenvalue weighted by molar-refractivity contribution is 0.389. The van der Waals surface area contributed by atoms with Crippen LogP contribution >= 0.6 is 0 Å². The predicted octanol–water partition coefficient (Wildman–Crippen LogP) is 3.90. The van der Waals surface area contributed by atoms with Crippen LogP contribution in [0.3, 0.4) is 0 Å².